The van der Waals surface area contributed by atoms with E-state index in [1.807, 2.05) is 10.9 Å². The molecule has 0 saturated heterocycles. The van der Waals surface area contributed by atoms with Crippen molar-refractivity contribution in [3.05, 3.63) is 23.5 Å². The molecule has 0 aromatic carbocycles. The van der Waals surface area contributed by atoms with Gasteiger partial charge in [0.15, 0.2) is 5.82 Å². The number of hydrogen-bond acceptors (Lipinski definition) is 5. The van der Waals surface area contributed by atoms with E-state index in [-0.39, 0.29) is 0 Å². The maximum absolute atomic E-state index is 4.27. The Kier molecular flexibility index (Phi) is 3.31. The molecule has 0 unspecified atom stereocenters. The van der Waals surface area contributed by atoms with Gasteiger partial charge in [-0.3, -0.25) is 0 Å². The topological polar surface area (TPSA) is 61.4 Å². The van der Waals surface area contributed by atoms with E-state index >= 15 is 0 Å². The number of thioether (sulfide) groups is 1. The highest BCUT2D eigenvalue weighted by Gasteiger charge is 2.16. The molecule has 0 aliphatic carbocycles. The number of rotatable bonds is 4. The van der Waals surface area contributed by atoms with Crippen LogP contribution >= 0.6 is 11.8 Å². The molecule has 6 nitrogen and oxygen atoms in total. The van der Waals surface area contributed by atoms with Crippen molar-refractivity contribution in [3.8, 4) is 0 Å². The Balaban J connectivity index is 1.77. The summed E-state index contributed by atoms with van der Waals surface area (Å²) in [6.45, 7) is 1.69. The fraction of sp³-hybridized carbons (Fsp3) is 0.636. The van der Waals surface area contributed by atoms with Crippen LogP contribution in [0, 0.1) is 0 Å². The first-order valence-electron chi connectivity index (χ1n) is 6.15. The molecule has 0 amide bonds. The Morgan fingerprint density at radius 2 is 2.22 bits per heavy atom. The van der Waals surface area contributed by atoms with Gasteiger partial charge in [0, 0.05) is 24.9 Å². The van der Waals surface area contributed by atoms with E-state index < -0.39 is 0 Å². The molecule has 1 aliphatic heterocycles. The van der Waals surface area contributed by atoms with Gasteiger partial charge >= 0.3 is 0 Å². The normalized spacial score (nSPS) is 14.7. The summed E-state index contributed by atoms with van der Waals surface area (Å²) in [6.07, 6.45) is 7.53. The fourth-order valence-electron chi connectivity index (χ4n) is 2.26. The number of aromatic nitrogens is 6. The lowest BCUT2D eigenvalue weighted by molar-refractivity contribution is 0.493. The summed E-state index contributed by atoms with van der Waals surface area (Å²) in [7, 11) is 0. The molecule has 0 atom stereocenters. The second kappa shape index (κ2) is 5.09. The van der Waals surface area contributed by atoms with Gasteiger partial charge in [0.25, 0.3) is 0 Å². The number of fused-ring (bicyclic) bond motifs is 1. The molecule has 0 spiro atoms. The van der Waals surface area contributed by atoms with E-state index in [0.29, 0.717) is 6.54 Å². The molecule has 2 aromatic heterocycles. The molecule has 0 saturated carbocycles. The average molecular weight is 264 g/mol. The number of hydrogen-bond donors (Lipinski definition) is 0. The van der Waals surface area contributed by atoms with Crippen molar-refractivity contribution >= 4 is 11.8 Å². The van der Waals surface area contributed by atoms with Crippen LogP contribution in [0.5, 0.6) is 0 Å². The predicted molar refractivity (Wildman–Crippen MR) is 69.3 cm³/mol. The molecular formula is C11H16N6S. The van der Waals surface area contributed by atoms with Crippen molar-refractivity contribution in [1.29, 1.82) is 0 Å². The van der Waals surface area contributed by atoms with Crippen molar-refractivity contribution in [2.75, 3.05) is 6.26 Å². The quantitative estimate of drug-likeness (QED) is 0.828. The second-order valence-electron chi connectivity index (χ2n) is 4.48. The predicted octanol–water partition coefficient (Wildman–Crippen LogP) is 1.12. The van der Waals surface area contributed by atoms with Gasteiger partial charge in [0.1, 0.15) is 12.4 Å². The zero-order valence-corrected chi connectivity index (χ0v) is 11.2. The fourth-order valence-corrected chi connectivity index (χ4v) is 2.69. The minimum Gasteiger partial charge on any atom is -0.313 e. The van der Waals surface area contributed by atoms with Gasteiger partial charge in [-0.15, -0.1) is 15.3 Å². The van der Waals surface area contributed by atoms with Crippen LogP contribution in [0.1, 0.15) is 30.2 Å². The van der Waals surface area contributed by atoms with Crippen LogP contribution in [0.2, 0.25) is 0 Å². The van der Waals surface area contributed by atoms with Crippen LogP contribution in [-0.2, 0) is 25.3 Å². The number of nitrogens with zero attached hydrogens (tertiary/aromatic N) is 6. The van der Waals surface area contributed by atoms with Gasteiger partial charge in [-0.25, -0.2) is 4.68 Å². The van der Waals surface area contributed by atoms with Crippen LogP contribution < -0.4 is 0 Å². The molecule has 0 fully saturated rings. The molecule has 2 aromatic rings. The third-order valence-electron chi connectivity index (χ3n) is 3.12. The SMILES string of the molecule is CSCc1cn(Cc2nnc3n2CCCC3)nn1. The molecule has 1 aliphatic rings. The summed E-state index contributed by atoms with van der Waals surface area (Å²) >= 11 is 1.75. The largest absolute Gasteiger partial charge is 0.313 e. The molecule has 0 N–H and O–H groups in total. The van der Waals surface area contributed by atoms with Crippen LogP contribution in [-0.4, -0.2) is 36.0 Å². The van der Waals surface area contributed by atoms with Crippen molar-refractivity contribution in [1.82, 2.24) is 29.8 Å². The maximum Gasteiger partial charge on any atom is 0.154 e. The standard InChI is InChI=1S/C11H16N6S/c1-18-8-9-6-16(15-12-9)7-11-14-13-10-4-2-3-5-17(10)11/h6H,2-5,7-8H2,1H3. The van der Waals surface area contributed by atoms with E-state index in [2.05, 4.69) is 31.3 Å². The monoisotopic (exact) mass is 264 g/mol. The third-order valence-corrected chi connectivity index (χ3v) is 3.70. The highest BCUT2D eigenvalue weighted by Crippen LogP contribution is 2.15. The van der Waals surface area contributed by atoms with E-state index in [0.717, 1.165) is 36.1 Å². The summed E-state index contributed by atoms with van der Waals surface area (Å²) < 4.78 is 4.07. The van der Waals surface area contributed by atoms with E-state index in [1.54, 1.807) is 11.8 Å². The first kappa shape index (κ1) is 11.7. The molecule has 0 radical (unpaired) electrons. The minimum atomic E-state index is 0.661. The molecule has 3 heterocycles. The Bertz CT molecular complexity index is 531. The van der Waals surface area contributed by atoms with E-state index in [9.17, 15) is 0 Å². The van der Waals surface area contributed by atoms with Crippen LogP contribution in [0.4, 0.5) is 0 Å². The third kappa shape index (κ3) is 2.27. The Morgan fingerprint density at radius 1 is 1.28 bits per heavy atom. The van der Waals surface area contributed by atoms with Crippen molar-refractivity contribution < 1.29 is 0 Å². The Hall–Kier alpha value is -1.37. The smallest absolute Gasteiger partial charge is 0.154 e. The summed E-state index contributed by atoms with van der Waals surface area (Å²) in [4.78, 5) is 0. The van der Waals surface area contributed by atoms with E-state index in [1.165, 1.54) is 12.8 Å². The van der Waals surface area contributed by atoms with E-state index in [4.69, 9.17) is 0 Å². The van der Waals surface area contributed by atoms with Crippen LogP contribution in [0.15, 0.2) is 6.20 Å². The molecular weight excluding hydrogens is 248 g/mol. The molecule has 0 bridgehead atoms. The molecule has 3 rings (SSSR count). The van der Waals surface area contributed by atoms with Gasteiger partial charge < -0.3 is 4.57 Å². The van der Waals surface area contributed by atoms with Gasteiger partial charge in [-0.05, 0) is 19.1 Å². The zero-order chi connectivity index (χ0) is 12.4. The molecule has 18 heavy (non-hydrogen) atoms. The highest BCUT2D eigenvalue weighted by atomic mass is 32.2. The lowest BCUT2D eigenvalue weighted by Gasteiger charge is -2.14. The van der Waals surface area contributed by atoms with Crippen LogP contribution in [0.25, 0.3) is 0 Å². The lowest BCUT2D eigenvalue weighted by atomic mass is 10.2. The van der Waals surface area contributed by atoms with Gasteiger partial charge in [0.05, 0.1) is 5.69 Å². The van der Waals surface area contributed by atoms with Gasteiger partial charge in [-0.1, -0.05) is 5.21 Å². The summed E-state index contributed by atoms with van der Waals surface area (Å²) in [5.74, 6) is 3.00. The first-order chi connectivity index (χ1) is 8.86. The summed E-state index contributed by atoms with van der Waals surface area (Å²) in [5, 5.41) is 16.8. The number of aryl methyl sites for hydroxylation is 1. The van der Waals surface area contributed by atoms with Crippen LogP contribution in [0.3, 0.4) is 0 Å². The lowest BCUT2D eigenvalue weighted by Crippen LogP contribution is -2.15. The summed E-state index contributed by atoms with van der Waals surface area (Å²) in [6, 6.07) is 0. The zero-order valence-electron chi connectivity index (χ0n) is 10.4. The molecule has 96 valence electrons. The van der Waals surface area contributed by atoms with Gasteiger partial charge in [-0.2, -0.15) is 11.8 Å². The van der Waals surface area contributed by atoms with Crippen molar-refractivity contribution in [3.63, 3.8) is 0 Å². The Labute approximate surface area is 110 Å². The first-order valence-corrected chi connectivity index (χ1v) is 7.55. The molecule has 7 heteroatoms. The average Bonchev–Trinajstić information content (AvgIpc) is 2.99. The van der Waals surface area contributed by atoms with Crippen molar-refractivity contribution in [2.24, 2.45) is 0 Å². The maximum atomic E-state index is 4.27. The minimum absolute atomic E-state index is 0.661. The van der Waals surface area contributed by atoms with Gasteiger partial charge in [0.2, 0.25) is 0 Å². The highest BCUT2D eigenvalue weighted by molar-refractivity contribution is 7.97. The Morgan fingerprint density at radius 3 is 3.11 bits per heavy atom. The van der Waals surface area contributed by atoms with Crippen molar-refractivity contribution in [2.45, 2.75) is 38.1 Å². The second-order valence-corrected chi connectivity index (χ2v) is 5.35. The summed E-state index contributed by atoms with van der Waals surface area (Å²) in [5.41, 5.74) is 1.01.